The van der Waals surface area contributed by atoms with Crippen LogP contribution in [0.3, 0.4) is 0 Å². The van der Waals surface area contributed by atoms with Crippen LogP contribution < -0.4 is 4.74 Å². The first-order chi connectivity index (χ1) is 17.5. The van der Waals surface area contributed by atoms with Gasteiger partial charge in [0.15, 0.2) is 11.6 Å². The summed E-state index contributed by atoms with van der Waals surface area (Å²) in [6.45, 7) is 3.30. The van der Waals surface area contributed by atoms with Crippen molar-refractivity contribution in [2.75, 3.05) is 26.3 Å². The fourth-order valence-electron chi connectivity index (χ4n) is 3.88. The van der Waals surface area contributed by atoms with Crippen LogP contribution in [0.5, 0.6) is 5.75 Å². The molecule has 1 saturated heterocycles. The van der Waals surface area contributed by atoms with Crippen molar-refractivity contribution >= 4 is 23.4 Å². The van der Waals surface area contributed by atoms with Crippen LogP contribution in [0, 0.1) is 0 Å². The third kappa shape index (κ3) is 6.79. The molecule has 1 aliphatic heterocycles. The third-order valence-corrected chi connectivity index (χ3v) is 6.99. The average Bonchev–Trinajstić information content (AvgIpc) is 3.42. The third-order valence-electron chi connectivity index (χ3n) is 5.86. The van der Waals surface area contributed by atoms with Crippen molar-refractivity contribution in [1.29, 1.82) is 0 Å². The summed E-state index contributed by atoms with van der Waals surface area (Å²) in [5, 5.41) is 20.7. The van der Waals surface area contributed by atoms with E-state index in [2.05, 4.69) is 10.2 Å². The van der Waals surface area contributed by atoms with Crippen LogP contribution in [0.15, 0.2) is 54.6 Å². The van der Waals surface area contributed by atoms with E-state index >= 15 is 0 Å². The summed E-state index contributed by atoms with van der Waals surface area (Å²) >= 11 is 1.38. The molecular weight excluding hydrogens is 482 g/mol. The highest BCUT2D eigenvalue weighted by Gasteiger charge is 2.28. The molecule has 1 aromatic heterocycles. The molecule has 10 heteroatoms. The Bertz CT molecular complexity index is 1130. The number of hydrogen-bond donors (Lipinski definition) is 1. The van der Waals surface area contributed by atoms with E-state index < -0.39 is 12.1 Å². The number of rotatable bonds is 9. The molecule has 0 saturated carbocycles. The summed E-state index contributed by atoms with van der Waals surface area (Å²) in [4.78, 5) is 25.5. The molecule has 190 valence electrons. The molecule has 0 radical (unpaired) electrons. The number of piperidine rings is 1. The topological polar surface area (TPSA) is 111 Å². The van der Waals surface area contributed by atoms with E-state index in [-0.39, 0.29) is 25.2 Å². The number of benzene rings is 2. The number of aliphatic hydroxyl groups is 1. The summed E-state index contributed by atoms with van der Waals surface area (Å²) in [6.07, 6.45) is 0.304. The molecule has 1 aliphatic rings. The van der Waals surface area contributed by atoms with E-state index in [4.69, 9.17) is 14.2 Å². The van der Waals surface area contributed by atoms with E-state index in [9.17, 15) is 14.7 Å². The van der Waals surface area contributed by atoms with Gasteiger partial charge in [-0.15, -0.1) is 10.2 Å². The average molecular weight is 512 g/mol. The number of ether oxygens (including phenoxy) is 3. The van der Waals surface area contributed by atoms with Gasteiger partial charge in [-0.25, -0.2) is 9.59 Å². The molecule has 1 atom stereocenters. The maximum atomic E-state index is 12.4. The molecule has 0 aliphatic carbocycles. The van der Waals surface area contributed by atoms with Crippen molar-refractivity contribution in [2.45, 2.75) is 38.4 Å². The Labute approximate surface area is 213 Å². The number of amides is 1. The second-order valence-corrected chi connectivity index (χ2v) is 9.39. The van der Waals surface area contributed by atoms with Gasteiger partial charge >= 0.3 is 12.1 Å². The lowest BCUT2D eigenvalue weighted by Gasteiger charge is -2.30. The number of carbonyl (C=O) groups excluding carboxylic acids is 2. The molecule has 1 amide bonds. The number of aliphatic hydroxyl groups excluding tert-OH is 1. The first-order valence-corrected chi connectivity index (χ1v) is 12.7. The van der Waals surface area contributed by atoms with Gasteiger partial charge in [0.05, 0.1) is 6.61 Å². The van der Waals surface area contributed by atoms with Crippen LogP contribution >= 0.6 is 11.3 Å². The fraction of sp³-hybridized carbons (Fsp3) is 0.385. The Kier molecular flexibility index (Phi) is 8.85. The standard InChI is InChI=1S/C26H29N3O6S/c1-2-33-22(30)17-34-21-10-8-19(9-11-21)23(31)25-28-27-24(36-25)20-12-14-29(15-13-20)26(32)35-16-18-6-4-3-5-7-18/h3-11,20,23,31H,2,12-17H2,1H3. The van der Waals surface area contributed by atoms with E-state index in [1.807, 2.05) is 30.3 Å². The highest BCUT2D eigenvalue weighted by atomic mass is 32.1. The van der Waals surface area contributed by atoms with Crippen LogP contribution in [0.4, 0.5) is 4.79 Å². The highest BCUT2D eigenvalue weighted by molar-refractivity contribution is 7.11. The summed E-state index contributed by atoms with van der Waals surface area (Å²) in [7, 11) is 0. The lowest BCUT2D eigenvalue weighted by atomic mass is 9.98. The van der Waals surface area contributed by atoms with Crippen LogP contribution in [-0.2, 0) is 20.9 Å². The maximum Gasteiger partial charge on any atom is 0.410 e. The minimum Gasteiger partial charge on any atom is -0.482 e. The molecule has 1 fully saturated rings. The molecule has 0 bridgehead atoms. The van der Waals surface area contributed by atoms with Gasteiger partial charge < -0.3 is 24.2 Å². The Morgan fingerprint density at radius 1 is 1.06 bits per heavy atom. The van der Waals surface area contributed by atoms with E-state index in [0.29, 0.717) is 36.0 Å². The van der Waals surface area contributed by atoms with E-state index in [1.54, 1.807) is 36.1 Å². The zero-order chi connectivity index (χ0) is 25.3. The Morgan fingerprint density at radius 3 is 2.47 bits per heavy atom. The number of likely N-dealkylation sites (tertiary alicyclic amines) is 1. The van der Waals surface area contributed by atoms with Crippen LogP contribution in [-0.4, -0.2) is 58.6 Å². The van der Waals surface area contributed by atoms with Gasteiger partial charge in [-0.1, -0.05) is 53.8 Å². The SMILES string of the molecule is CCOC(=O)COc1ccc(C(O)c2nnc(C3CCN(C(=O)OCc4ccccc4)CC3)s2)cc1. The molecule has 2 heterocycles. The van der Waals surface area contributed by atoms with Crippen LogP contribution in [0.1, 0.15) is 52.9 Å². The minimum atomic E-state index is -0.914. The number of hydrogen-bond acceptors (Lipinski definition) is 9. The Morgan fingerprint density at radius 2 is 1.78 bits per heavy atom. The maximum absolute atomic E-state index is 12.4. The Hall–Kier alpha value is -3.50. The van der Waals surface area contributed by atoms with Crippen molar-refractivity contribution in [3.63, 3.8) is 0 Å². The predicted molar refractivity (Wildman–Crippen MR) is 133 cm³/mol. The van der Waals surface area contributed by atoms with Crippen molar-refractivity contribution in [2.24, 2.45) is 0 Å². The largest absolute Gasteiger partial charge is 0.482 e. The van der Waals surface area contributed by atoms with Crippen molar-refractivity contribution < 1.29 is 28.9 Å². The predicted octanol–water partition coefficient (Wildman–Crippen LogP) is 4.08. The lowest BCUT2D eigenvalue weighted by Crippen LogP contribution is -2.38. The van der Waals surface area contributed by atoms with Gasteiger partial charge in [-0.2, -0.15) is 0 Å². The van der Waals surface area contributed by atoms with Crippen molar-refractivity contribution in [3.05, 3.63) is 75.7 Å². The van der Waals surface area contributed by atoms with E-state index in [0.717, 1.165) is 23.4 Å². The zero-order valence-electron chi connectivity index (χ0n) is 20.0. The normalized spacial score (nSPS) is 14.8. The molecule has 1 unspecified atom stereocenters. The van der Waals surface area contributed by atoms with Crippen molar-refractivity contribution in [3.8, 4) is 5.75 Å². The first kappa shape index (κ1) is 25.6. The second kappa shape index (κ2) is 12.5. The summed E-state index contributed by atoms with van der Waals surface area (Å²) in [5.74, 6) is 0.254. The molecule has 2 aromatic carbocycles. The van der Waals surface area contributed by atoms with Gasteiger partial charge in [-0.05, 0) is 43.0 Å². The minimum absolute atomic E-state index is 0.168. The molecule has 36 heavy (non-hydrogen) atoms. The van der Waals surface area contributed by atoms with Crippen LogP contribution in [0.2, 0.25) is 0 Å². The molecule has 4 rings (SSSR count). The van der Waals surface area contributed by atoms with Gasteiger partial charge in [0, 0.05) is 19.0 Å². The number of aromatic nitrogens is 2. The quantitative estimate of drug-likeness (QED) is 0.428. The van der Waals surface area contributed by atoms with Crippen LogP contribution in [0.25, 0.3) is 0 Å². The zero-order valence-corrected chi connectivity index (χ0v) is 20.9. The molecule has 0 spiro atoms. The summed E-state index contributed by atoms with van der Waals surface area (Å²) in [5.41, 5.74) is 1.61. The molecule has 3 aromatic rings. The molecule has 1 N–H and O–H groups in total. The molecule has 9 nitrogen and oxygen atoms in total. The fourth-order valence-corrected chi connectivity index (χ4v) is 4.90. The number of esters is 1. The summed E-state index contributed by atoms with van der Waals surface area (Å²) in [6, 6.07) is 16.4. The van der Waals surface area contributed by atoms with Crippen molar-refractivity contribution in [1.82, 2.24) is 15.1 Å². The first-order valence-electron chi connectivity index (χ1n) is 11.9. The number of carbonyl (C=O) groups is 2. The Balaban J connectivity index is 1.26. The number of nitrogens with zero attached hydrogens (tertiary/aromatic N) is 3. The second-order valence-electron chi connectivity index (χ2n) is 8.35. The highest BCUT2D eigenvalue weighted by Crippen LogP contribution is 2.34. The lowest BCUT2D eigenvalue weighted by molar-refractivity contribution is -0.145. The van der Waals surface area contributed by atoms with Gasteiger partial charge in [0.25, 0.3) is 0 Å². The summed E-state index contributed by atoms with van der Waals surface area (Å²) < 4.78 is 15.7. The monoisotopic (exact) mass is 511 g/mol. The van der Waals surface area contributed by atoms with Gasteiger partial charge in [-0.3, -0.25) is 0 Å². The van der Waals surface area contributed by atoms with Gasteiger partial charge in [0.2, 0.25) is 0 Å². The smallest absolute Gasteiger partial charge is 0.410 e. The van der Waals surface area contributed by atoms with Gasteiger partial charge in [0.1, 0.15) is 23.5 Å². The van der Waals surface area contributed by atoms with E-state index in [1.165, 1.54) is 11.3 Å². The molecular formula is C26H29N3O6S.